The molecule has 16 heavy (non-hydrogen) atoms. The molecule has 3 N–H and O–H groups in total. The van der Waals surface area contributed by atoms with Crippen molar-refractivity contribution < 1.29 is 9.53 Å². The number of hydrogen-bond donors (Lipinski definition) is 2. The lowest BCUT2D eigenvalue weighted by atomic mass is 9.86. The van der Waals surface area contributed by atoms with Crippen LogP contribution in [0.1, 0.15) is 34.1 Å². The molecular formula is C11H22N2O2S. The molecule has 0 aliphatic heterocycles. The summed E-state index contributed by atoms with van der Waals surface area (Å²) >= 11 is 4.92. The highest BCUT2D eigenvalue weighted by atomic mass is 32.1. The molecule has 0 rings (SSSR count). The van der Waals surface area contributed by atoms with Gasteiger partial charge < -0.3 is 15.8 Å². The summed E-state index contributed by atoms with van der Waals surface area (Å²) in [6, 6.07) is 0. The van der Waals surface area contributed by atoms with Gasteiger partial charge in [-0.15, -0.1) is 0 Å². The van der Waals surface area contributed by atoms with Crippen LogP contribution in [0.25, 0.3) is 0 Å². The fourth-order valence-corrected chi connectivity index (χ4v) is 1.46. The monoisotopic (exact) mass is 246 g/mol. The summed E-state index contributed by atoms with van der Waals surface area (Å²) in [6.07, 6.45) is 0.596. The van der Waals surface area contributed by atoms with E-state index in [0.717, 1.165) is 0 Å². The minimum atomic E-state index is -0.763. The SMILES string of the molecule is CCOC(C)CNC(=O)C(C)(CC)C(N)=S. The zero-order valence-electron chi connectivity index (χ0n) is 10.5. The van der Waals surface area contributed by atoms with Crippen LogP contribution < -0.4 is 11.1 Å². The Hall–Kier alpha value is -0.680. The van der Waals surface area contributed by atoms with Crippen molar-refractivity contribution in [3.8, 4) is 0 Å². The zero-order chi connectivity index (χ0) is 12.8. The van der Waals surface area contributed by atoms with Crippen molar-refractivity contribution in [3.05, 3.63) is 0 Å². The molecule has 0 saturated carbocycles. The van der Waals surface area contributed by atoms with Crippen molar-refractivity contribution in [2.45, 2.75) is 40.2 Å². The summed E-state index contributed by atoms with van der Waals surface area (Å²) in [5.41, 5.74) is 4.82. The van der Waals surface area contributed by atoms with Gasteiger partial charge in [0.05, 0.1) is 16.5 Å². The van der Waals surface area contributed by atoms with Gasteiger partial charge in [-0.25, -0.2) is 0 Å². The Bertz CT molecular complexity index is 258. The molecule has 0 aromatic rings. The number of ether oxygens (including phenoxy) is 1. The molecule has 0 saturated heterocycles. The maximum Gasteiger partial charge on any atom is 0.232 e. The van der Waals surface area contributed by atoms with Crippen LogP contribution in [-0.2, 0) is 9.53 Å². The van der Waals surface area contributed by atoms with Crippen molar-refractivity contribution in [3.63, 3.8) is 0 Å². The highest BCUT2D eigenvalue weighted by molar-refractivity contribution is 7.80. The smallest absolute Gasteiger partial charge is 0.232 e. The van der Waals surface area contributed by atoms with Crippen LogP contribution in [0.3, 0.4) is 0 Å². The van der Waals surface area contributed by atoms with Gasteiger partial charge in [-0.3, -0.25) is 4.79 Å². The lowest BCUT2D eigenvalue weighted by Crippen LogP contribution is -2.48. The van der Waals surface area contributed by atoms with Gasteiger partial charge in [0, 0.05) is 13.2 Å². The summed E-state index contributed by atoms with van der Waals surface area (Å²) in [4.78, 5) is 12.1. The van der Waals surface area contributed by atoms with Gasteiger partial charge >= 0.3 is 0 Å². The highest BCUT2D eigenvalue weighted by Crippen LogP contribution is 2.21. The Morgan fingerprint density at radius 1 is 1.56 bits per heavy atom. The van der Waals surface area contributed by atoms with E-state index in [2.05, 4.69) is 5.32 Å². The molecule has 0 aliphatic rings. The molecule has 4 nitrogen and oxygen atoms in total. The highest BCUT2D eigenvalue weighted by Gasteiger charge is 2.34. The first-order valence-electron chi connectivity index (χ1n) is 5.58. The number of hydrogen-bond acceptors (Lipinski definition) is 3. The molecule has 0 aromatic heterocycles. The number of nitrogens with one attached hydrogen (secondary N) is 1. The van der Waals surface area contributed by atoms with Crippen molar-refractivity contribution in [1.82, 2.24) is 5.32 Å². The minimum absolute atomic E-state index is 0.00130. The molecule has 0 bridgehead atoms. The Kier molecular flexibility index (Phi) is 6.52. The van der Waals surface area contributed by atoms with E-state index in [1.165, 1.54) is 0 Å². The largest absolute Gasteiger partial charge is 0.392 e. The van der Waals surface area contributed by atoms with E-state index in [1.807, 2.05) is 20.8 Å². The molecule has 1 amide bonds. The maximum absolute atomic E-state index is 11.9. The first-order valence-corrected chi connectivity index (χ1v) is 5.99. The second-order valence-electron chi connectivity index (χ2n) is 4.03. The van der Waals surface area contributed by atoms with Gasteiger partial charge in [0.25, 0.3) is 0 Å². The molecular weight excluding hydrogens is 224 g/mol. The maximum atomic E-state index is 11.9. The van der Waals surface area contributed by atoms with Crippen LogP contribution in [0, 0.1) is 5.41 Å². The Morgan fingerprint density at radius 2 is 2.12 bits per heavy atom. The number of amides is 1. The third-order valence-electron chi connectivity index (χ3n) is 2.75. The lowest BCUT2D eigenvalue weighted by Gasteiger charge is -2.26. The van der Waals surface area contributed by atoms with E-state index in [1.54, 1.807) is 6.92 Å². The van der Waals surface area contributed by atoms with Crippen LogP contribution in [-0.4, -0.2) is 30.2 Å². The summed E-state index contributed by atoms with van der Waals surface area (Å²) in [5, 5.41) is 2.81. The molecule has 0 heterocycles. The standard InChI is InChI=1S/C11H22N2O2S/c1-5-11(4,9(12)16)10(14)13-7-8(3)15-6-2/h8H,5-7H2,1-4H3,(H2,12,16)(H,13,14). The Morgan fingerprint density at radius 3 is 2.50 bits per heavy atom. The van der Waals surface area contributed by atoms with E-state index < -0.39 is 5.41 Å². The average Bonchev–Trinajstić information content (AvgIpc) is 2.24. The third-order valence-corrected chi connectivity index (χ3v) is 3.20. The predicted octanol–water partition coefficient (Wildman–Crippen LogP) is 1.23. The van der Waals surface area contributed by atoms with Gasteiger partial charge in [0.1, 0.15) is 0 Å². The third kappa shape index (κ3) is 4.06. The van der Waals surface area contributed by atoms with E-state index in [9.17, 15) is 4.79 Å². The van der Waals surface area contributed by atoms with Crippen LogP contribution >= 0.6 is 12.2 Å². The first-order chi connectivity index (χ1) is 7.38. The van der Waals surface area contributed by atoms with Crippen LogP contribution in [0.15, 0.2) is 0 Å². The van der Waals surface area contributed by atoms with Gasteiger partial charge in [-0.2, -0.15) is 0 Å². The summed E-state index contributed by atoms with van der Waals surface area (Å²) in [7, 11) is 0. The fourth-order valence-electron chi connectivity index (χ4n) is 1.22. The van der Waals surface area contributed by atoms with Gasteiger partial charge in [0.15, 0.2) is 0 Å². The van der Waals surface area contributed by atoms with E-state index in [0.29, 0.717) is 19.6 Å². The molecule has 0 radical (unpaired) electrons. The minimum Gasteiger partial charge on any atom is -0.392 e. The lowest BCUT2D eigenvalue weighted by molar-refractivity contribution is -0.127. The van der Waals surface area contributed by atoms with Crippen LogP contribution in [0.2, 0.25) is 0 Å². The van der Waals surface area contributed by atoms with Gasteiger partial charge in [-0.05, 0) is 27.2 Å². The number of thiocarbonyl (C=S) groups is 1. The normalized spacial score (nSPS) is 16.2. The topological polar surface area (TPSA) is 64.3 Å². The molecule has 2 unspecified atom stereocenters. The van der Waals surface area contributed by atoms with Crippen LogP contribution in [0.5, 0.6) is 0 Å². The van der Waals surface area contributed by atoms with Crippen LogP contribution in [0.4, 0.5) is 0 Å². The molecule has 94 valence electrons. The molecule has 0 spiro atoms. The van der Waals surface area contributed by atoms with Gasteiger partial charge in [-0.1, -0.05) is 19.1 Å². The fraction of sp³-hybridized carbons (Fsp3) is 0.818. The number of rotatable bonds is 7. The molecule has 0 fully saturated rings. The molecule has 2 atom stereocenters. The van der Waals surface area contributed by atoms with Crippen molar-refractivity contribution in [2.75, 3.05) is 13.2 Å². The Labute approximate surface area is 103 Å². The van der Waals surface area contributed by atoms with E-state index in [4.69, 9.17) is 22.7 Å². The first kappa shape index (κ1) is 15.3. The second kappa shape index (κ2) is 6.81. The summed E-state index contributed by atoms with van der Waals surface area (Å²) in [5.74, 6) is -0.131. The predicted molar refractivity (Wildman–Crippen MR) is 69.3 cm³/mol. The number of carbonyl (C=O) groups is 1. The number of carbonyl (C=O) groups excluding carboxylic acids is 1. The van der Waals surface area contributed by atoms with Gasteiger partial charge in [0.2, 0.25) is 5.91 Å². The summed E-state index contributed by atoms with van der Waals surface area (Å²) in [6.45, 7) is 8.60. The molecule has 0 aliphatic carbocycles. The Balaban J connectivity index is 4.29. The van der Waals surface area contributed by atoms with E-state index >= 15 is 0 Å². The quantitative estimate of drug-likeness (QED) is 0.663. The second-order valence-corrected chi connectivity index (χ2v) is 4.47. The molecule has 5 heteroatoms. The number of nitrogens with two attached hydrogens (primary N) is 1. The van der Waals surface area contributed by atoms with Crippen molar-refractivity contribution in [1.29, 1.82) is 0 Å². The van der Waals surface area contributed by atoms with Crippen molar-refractivity contribution >= 4 is 23.1 Å². The molecule has 0 aromatic carbocycles. The average molecular weight is 246 g/mol. The van der Waals surface area contributed by atoms with E-state index in [-0.39, 0.29) is 17.0 Å². The summed E-state index contributed by atoms with van der Waals surface area (Å²) < 4.78 is 5.32. The zero-order valence-corrected chi connectivity index (χ0v) is 11.3. The van der Waals surface area contributed by atoms with Crippen molar-refractivity contribution in [2.24, 2.45) is 11.1 Å².